The minimum absolute atomic E-state index is 0.198. The Balaban J connectivity index is 1.88. The Morgan fingerprint density at radius 3 is 2.90 bits per heavy atom. The summed E-state index contributed by atoms with van der Waals surface area (Å²) in [6.07, 6.45) is 1.78. The molecular weight excluding hydrogens is 254 g/mol. The molecule has 108 valence electrons. The van der Waals surface area contributed by atoms with Crippen molar-refractivity contribution < 1.29 is 14.3 Å². The lowest BCUT2D eigenvalue weighted by Crippen LogP contribution is -2.42. The Morgan fingerprint density at radius 1 is 1.40 bits per heavy atom. The molecule has 2 rings (SSSR count). The van der Waals surface area contributed by atoms with Gasteiger partial charge in [0.05, 0.1) is 5.56 Å². The normalized spacial score (nSPS) is 17.6. The molecule has 0 aliphatic carbocycles. The van der Waals surface area contributed by atoms with Crippen molar-refractivity contribution in [3.63, 3.8) is 0 Å². The van der Waals surface area contributed by atoms with Crippen LogP contribution in [0.5, 0.6) is 0 Å². The van der Waals surface area contributed by atoms with Gasteiger partial charge in [0, 0.05) is 13.0 Å². The van der Waals surface area contributed by atoms with E-state index < -0.39 is 12.1 Å². The number of esters is 1. The summed E-state index contributed by atoms with van der Waals surface area (Å²) in [5.74, 6) is 0.0251. The molecule has 0 spiro atoms. The van der Waals surface area contributed by atoms with Crippen LogP contribution in [0.3, 0.4) is 0 Å². The standard InChI is InChI=1S/C16H21NO3/c1-11(2)6-5-9-17-15(18)14-10-12-7-3-4-8-13(12)16(19)20-14/h3-4,7-8,11,14H,5-6,9-10H2,1-2H3,(H,17,18)/t14-/m0/s1. The molecule has 0 radical (unpaired) electrons. The summed E-state index contributed by atoms with van der Waals surface area (Å²) in [7, 11) is 0. The van der Waals surface area contributed by atoms with Crippen LogP contribution in [0.1, 0.15) is 42.6 Å². The maximum Gasteiger partial charge on any atom is 0.339 e. The molecule has 0 fully saturated rings. The van der Waals surface area contributed by atoms with E-state index in [9.17, 15) is 9.59 Å². The van der Waals surface area contributed by atoms with E-state index in [2.05, 4.69) is 19.2 Å². The van der Waals surface area contributed by atoms with E-state index >= 15 is 0 Å². The number of hydrogen-bond donors (Lipinski definition) is 1. The number of carbonyl (C=O) groups excluding carboxylic acids is 2. The number of ether oxygens (including phenoxy) is 1. The smallest absolute Gasteiger partial charge is 0.339 e. The van der Waals surface area contributed by atoms with Crippen LogP contribution in [0.25, 0.3) is 0 Å². The molecule has 4 heteroatoms. The summed E-state index contributed by atoms with van der Waals surface area (Å²) >= 11 is 0. The van der Waals surface area contributed by atoms with Crippen LogP contribution in [0, 0.1) is 5.92 Å². The van der Waals surface area contributed by atoms with E-state index in [0.717, 1.165) is 18.4 Å². The predicted octanol–water partition coefficient (Wildman–Crippen LogP) is 2.32. The molecule has 1 aliphatic heterocycles. The predicted molar refractivity (Wildman–Crippen MR) is 76.4 cm³/mol. The molecule has 0 saturated heterocycles. The highest BCUT2D eigenvalue weighted by Crippen LogP contribution is 2.20. The quantitative estimate of drug-likeness (QED) is 0.663. The number of carbonyl (C=O) groups is 2. The summed E-state index contributed by atoms with van der Waals surface area (Å²) in [5.41, 5.74) is 1.45. The molecule has 0 aromatic heterocycles. The number of benzene rings is 1. The molecule has 1 N–H and O–H groups in total. The number of fused-ring (bicyclic) bond motifs is 1. The lowest BCUT2D eigenvalue weighted by molar-refractivity contribution is -0.130. The van der Waals surface area contributed by atoms with Crippen molar-refractivity contribution in [1.29, 1.82) is 0 Å². The van der Waals surface area contributed by atoms with Gasteiger partial charge in [-0.25, -0.2) is 4.79 Å². The first-order chi connectivity index (χ1) is 9.58. The summed E-state index contributed by atoms with van der Waals surface area (Å²) in [5, 5.41) is 2.84. The number of amides is 1. The molecule has 1 aromatic rings. The van der Waals surface area contributed by atoms with Crippen molar-refractivity contribution in [3.8, 4) is 0 Å². The summed E-state index contributed by atoms with van der Waals surface area (Å²) in [6, 6.07) is 7.27. The summed E-state index contributed by atoms with van der Waals surface area (Å²) in [4.78, 5) is 23.8. The average Bonchev–Trinajstić information content (AvgIpc) is 2.43. The molecule has 0 saturated carbocycles. The maximum atomic E-state index is 12.0. The van der Waals surface area contributed by atoms with Crippen LogP contribution >= 0.6 is 0 Å². The van der Waals surface area contributed by atoms with Gasteiger partial charge in [0.15, 0.2) is 6.10 Å². The third-order valence-corrected chi connectivity index (χ3v) is 3.44. The van der Waals surface area contributed by atoms with E-state index in [1.807, 2.05) is 12.1 Å². The van der Waals surface area contributed by atoms with Gasteiger partial charge in [-0.2, -0.15) is 0 Å². The second-order valence-electron chi connectivity index (χ2n) is 5.58. The fourth-order valence-corrected chi connectivity index (χ4v) is 2.31. The van der Waals surface area contributed by atoms with Crippen molar-refractivity contribution in [2.45, 2.75) is 39.2 Å². The van der Waals surface area contributed by atoms with Crippen molar-refractivity contribution in [2.75, 3.05) is 6.54 Å². The third kappa shape index (κ3) is 3.59. The zero-order valence-electron chi connectivity index (χ0n) is 12.0. The van der Waals surface area contributed by atoms with Crippen molar-refractivity contribution >= 4 is 11.9 Å². The number of cyclic esters (lactones) is 1. The third-order valence-electron chi connectivity index (χ3n) is 3.44. The van der Waals surface area contributed by atoms with Gasteiger partial charge in [-0.3, -0.25) is 4.79 Å². The monoisotopic (exact) mass is 275 g/mol. The van der Waals surface area contributed by atoms with Crippen LogP contribution in [0.15, 0.2) is 24.3 Å². The summed E-state index contributed by atoms with van der Waals surface area (Å²) in [6.45, 7) is 4.94. The fraction of sp³-hybridized carbons (Fsp3) is 0.500. The highest BCUT2D eigenvalue weighted by molar-refractivity contribution is 5.95. The lowest BCUT2D eigenvalue weighted by atomic mass is 9.98. The molecule has 1 heterocycles. The second kappa shape index (κ2) is 6.55. The van der Waals surface area contributed by atoms with Gasteiger partial charge in [0.1, 0.15) is 0 Å². The molecule has 1 aliphatic rings. The van der Waals surface area contributed by atoms with Crippen LogP contribution in [0.4, 0.5) is 0 Å². The Bertz CT molecular complexity index is 496. The molecule has 4 nitrogen and oxygen atoms in total. The first-order valence-corrected chi connectivity index (χ1v) is 7.14. The number of hydrogen-bond acceptors (Lipinski definition) is 3. The van der Waals surface area contributed by atoms with E-state index in [1.54, 1.807) is 12.1 Å². The number of rotatable bonds is 5. The van der Waals surface area contributed by atoms with E-state index in [0.29, 0.717) is 24.4 Å². The van der Waals surface area contributed by atoms with Crippen LogP contribution in [-0.2, 0) is 16.0 Å². The average molecular weight is 275 g/mol. The highest BCUT2D eigenvalue weighted by atomic mass is 16.5. The molecule has 1 amide bonds. The minimum atomic E-state index is -0.698. The first kappa shape index (κ1) is 14.6. The first-order valence-electron chi connectivity index (χ1n) is 7.14. The van der Waals surface area contributed by atoms with E-state index in [-0.39, 0.29) is 5.91 Å². The Labute approximate surface area is 119 Å². The second-order valence-corrected chi connectivity index (χ2v) is 5.58. The SMILES string of the molecule is CC(C)CCCNC(=O)[C@@H]1Cc2ccccc2C(=O)O1. The Kier molecular flexibility index (Phi) is 4.77. The zero-order chi connectivity index (χ0) is 14.5. The Hall–Kier alpha value is -1.84. The van der Waals surface area contributed by atoms with Crippen molar-refractivity contribution in [1.82, 2.24) is 5.32 Å². The van der Waals surface area contributed by atoms with E-state index in [1.165, 1.54) is 0 Å². The molecule has 0 bridgehead atoms. The minimum Gasteiger partial charge on any atom is -0.448 e. The lowest BCUT2D eigenvalue weighted by Gasteiger charge is -2.23. The van der Waals surface area contributed by atoms with Gasteiger partial charge < -0.3 is 10.1 Å². The van der Waals surface area contributed by atoms with Gasteiger partial charge in [-0.15, -0.1) is 0 Å². The van der Waals surface area contributed by atoms with E-state index in [4.69, 9.17) is 4.74 Å². The van der Waals surface area contributed by atoms with Gasteiger partial charge in [-0.1, -0.05) is 32.0 Å². The summed E-state index contributed by atoms with van der Waals surface area (Å²) < 4.78 is 5.20. The van der Waals surface area contributed by atoms with Crippen LogP contribution in [0.2, 0.25) is 0 Å². The van der Waals surface area contributed by atoms with Gasteiger partial charge in [0.25, 0.3) is 5.91 Å². The van der Waals surface area contributed by atoms with Gasteiger partial charge >= 0.3 is 5.97 Å². The highest BCUT2D eigenvalue weighted by Gasteiger charge is 2.30. The van der Waals surface area contributed by atoms with Crippen molar-refractivity contribution in [2.24, 2.45) is 5.92 Å². The molecule has 1 aromatic carbocycles. The fourth-order valence-electron chi connectivity index (χ4n) is 2.31. The van der Waals surface area contributed by atoms with Gasteiger partial charge in [-0.05, 0) is 30.4 Å². The molecule has 1 atom stereocenters. The maximum absolute atomic E-state index is 12.0. The molecule has 0 unspecified atom stereocenters. The molecule has 20 heavy (non-hydrogen) atoms. The zero-order valence-corrected chi connectivity index (χ0v) is 12.0. The number of nitrogens with one attached hydrogen (secondary N) is 1. The molecular formula is C16H21NO3. The topological polar surface area (TPSA) is 55.4 Å². The largest absolute Gasteiger partial charge is 0.448 e. The van der Waals surface area contributed by atoms with Crippen LogP contribution in [-0.4, -0.2) is 24.5 Å². The Morgan fingerprint density at radius 2 is 2.15 bits per heavy atom. The van der Waals surface area contributed by atoms with Crippen LogP contribution < -0.4 is 5.32 Å². The van der Waals surface area contributed by atoms with Gasteiger partial charge in [0.2, 0.25) is 0 Å². The van der Waals surface area contributed by atoms with Crippen molar-refractivity contribution in [3.05, 3.63) is 35.4 Å².